The van der Waals surface area contributed by atoms with Crippen LogP contribution in [0, 0.1) is 11.7 Å². The van der Waals surface area contributed by atoms with Crippen LogP contribution < -0.4 is 5.32 Å². The van der Waals surface area contributed by atoms with Gasteiger partial charge in [0.25, 0.3) is 5.91 Å². The lowest BCUT2D eigenvalue weighted by molar-refractivity contribution is 0.0899. The number of hydrogen-bond donors (Lipinski definition) is 2. The van der Waals surface area contributed by atoms with Crippen molar-refractivity contribution >= 4 is 18.5 Å². The first-order valence-electron chi connectivity index (χ1n) is 5.71. The van der Waals surface area contributed by atoms with E-state index in [1.54, 1.807) is 0 Å². The second-order valence-electron chi connectivity index (χ2n) is 5.11. The summed E-state index contributed by atoms with van der Waals surface area (Å²) in [6, 6.07) is 4.25. The Hall–Kier alpha value is -1.03. The molecule has 0 radical (unpaired) electrons. The molecule has 92 valence electrons. The lowest BCUT2D eigenvalue weighted by Crippen LogP contribution is -2.45. The van der Waals surface area contributed by atoms with Crippen molar-refractivity contribution in [2.75, 3.05) is 0 Å². The first kappa shape index (κ1) is 12.4. The number of carbonyl (C=O) groups excluding carboxylic acids is 1. The summed E-state index contributed by atoms with van der Waals surface area (Å²) in [4.78, 5) is 12.6. The molecule has 1 amide bonds. The highest BCUT2D eigenvalue weighted by molar-refractivity contribution is 7.80. The predicted octanol–water partition coefficient (Wildman–Crippen LogP) is 3.03. The fraction of sp³-hybridized carbons (Fsp3) is 0.462. The molecule has 0 atom stereocenters. The molecular formula is C13H16FNOS. The zero-order valence-electron chi connectivity index (χ0n) is 9.96. The average molecular weight is 253 g/mol. The van der Waals surface area contributed by atoms with Crippen LogP contribution in [-0.2, 0) is 0 Å². The van der Waals surface area contributed by atoms with Crippen LogP contribution in [0.4, 0.5) is 4.39 Å². The minimum atomic E-state index is -0.508. The fourth-order valence-electron chi connectivity index (χ4n) is 1.95. The minimum absolute atomic E-state index is 0.0613. The van der Waals surface area contributed by atoms with Gasteiger partial charge in [0.15, 0.2) is 0 Å². The van der Waals surface area contributed by atoms with Crippen molar-refractivity contribution in [2.24, 2.45) is 5.92 Å². The summed E-state index contributed by atoms with van der Waals surface area (Å²) in [5, 5.41) is 2.89. The van der Waals surface area contributed by atoms with Gasteiger partial charge in [-0.2, -0.15) is 0 Å². The van der Waals surface area contributed by atoms with E-state index in [2.05, 4.69) is 17.9 Å². The van der Waals surface area contributed by atoms with E-state index in [0.29, 0.717) is 10.8 Å². The van der Waals surface area contributed by atoms with Crippen molar-refractivity contribution in [3.05, 3.63) is 29.6 Å². The highest BCUT2D eigenvalue weighted by Gasteiger charge is 2.39. The molecule has 4 heteroatoms. The van der Waals surface area contributed by atoms with E-state index >= 15 is 0 Å². The summed E-state index contributed by atoms with van der Waals surface area (Å²) in [6.07, 6.45) is 2.25. The molecule has 1 N–H and O–H groups in total. The van der Waals surface area contributed by atoms with Gasteiger partial charge in [0, 0.05) is 10.4 Å². The van der Waals surface area contributed by atoms with E-state index in [9.17, 15) is 9.18 Å². The van der Waals surface area contributed by atoms with E-state index in [4.69, 9.17) is 0 Å². The first-order valence-corrected chi connectivity index (χ1v) is 6.16. The zero-order valence-corrected chi connectivity index (χ0v) is 10.9. The molecule has 0 aliphatic heterocycles. The van der Waals surface area contributed by atoms with Crippen LogP contribution in [-0.4, -0.2) is 11.4 Å². The smallest absolute Gasteiger partial charge is 0.254 e. The molecule has 0 unspecified atom stereocenters. The van der Waals surface area contributed by atoms with E-state index in [0.717, 1.165) is 12.8 Å². The summed E-state index contributed by atoms with van der Waals surface area (Å²) in [5.74, 6) is -0.365. The molecule has 0 spiro atoms. The van der Waals surface area contributed by atoms with Crippen LogP contribution in [0.5, 0.6) is 0 Å². The highest BCUT2D eigenvalue weighted by atomic mass is 32.1. The summed E-state index contributed by atoms with van der Waals surface area (Å²) in [5.41, 5.74) is -0.206. The monoisotopic (exact) mass is 253 g/mol. The summed E-state index contributed by atoms with van der Waals surface area (Å²) in [7, 11) is 0. The van der Waals surface area contributed by atoms with E-state index in [1.807, 2.05) is 13.8 Å². The number of rotatable bonds is 3. The molecule has 0 bridgehead atoms. The Morgan fingerprint density at radius 3 is 2.71 bits per heavy atom. The molecule has 1 aliphatic rings. The van der Waals surface area contributed by atoms with Crippen molar-refractivity contribution in [3.63, 3.8) is 0 Å². The van der Waals surface area contributed by atoms with Gasteiger partial charge in [0.05, 0.1) is 5.56 Å². The summed E-state index contributed by atoms with van der Waals surface area (Å²) < 4.78 is 13.5. The van der Waals surface area contributed by atoms with Gasteiger partial charge in [0.1, 0.15) is 5.82 Å². The normalized spacial score (nSPS) is 15.8. The fourth-order valence-corrected chi connectivity index (χ4v) is 2.16. The Balaban J connectivity index is 2.16. The third-order valence-corrected chi connectivity index (χ3v) is 3.51. The summed E-state index contributed by atoms with van der Waals surface area (Å²) >= 11 is 4.11. The molecule has 17 heavy (non-hydrogen) atoms. The third-order valence-electron chi connectivity index (χ3n) is 3.23. The molecule has 1 aromatic rings. The van der Waals surface area contributed by atoms with Crippen molar-refractivity contribution in [2.45, 2.75) is 37.1 Å². The minimum Gasteiger partial charge on any atom is -0.347 e. The molecular weight excluding hydrogens is 237 g/mol. The Morgan fingerprint density at radius 2 is 2.12 bits per heavy atom. The van der Waals surface area contributed by atoms with Gasteiger partial charge in [-0.05, 0) is 50.8 Å². The van der Waals surface area contributed by atoms with Crippen LogP contribution in [0.2, 0.25) is 0 Å². The predicted molar refractivity (Wildman–Crippen MR) is 67.9 cm³/mol. The van der Waals surface area contributed by atoms with Crippen LogP contribution in [0.25, 0.3) is 0 Å². The second kappa shape index (κ2) is 4.33. The molecule has 2 rings (SSSR count). The van der Waals surface area contributed by atoms with Gasteiger partial charge >= 0.3 is 0 Å². The lowest BCUT2D eigenvalue weighted by atomic mass is 9.98. The number of amides is 1. The van der Waals surface area contributed by atoms with Crippen molar-refractivity contribution < 1.29 is 9.18 Å². The SMILES string of the molecule is CC(C)(NC(=O)c1cc(S)ccc1F)C1CC1. The number of nitrogens with one attached hydrogen (secondary N) is 1. The van der Waals surface area contributed by atoms with Crippen LogP contribution in [0.3, 0.4) is 0 Å². The summed E-state index contributed by atoms with van der Waals surface area (Å²) in [6.45, 7) is 3.95. The quantitative estimate of drug-likeness (QED) is 0.797. The number of halogens is 1. The molecule has 0 heterocycles. The number of thiol groups is 1. The van der Waals surface area contributed by atoms with Gasteiger partial charge < -0.3 is 5.32 Å². The maximum absolute atomic E-state index is 13.5. The van der Waals surface area contributed by atoms with Crippen LogP contribution in [0.1, 0.15) is 37.0 Å². The zero-order chi connectivity index (χ0) is 12.6. The largest absolute Gasteiger partial charge is 0.347 e. The molecule has 0 aromatic heterocycles. The first-order chi connectivity index (χ1) is 7.90. The van der Waals surface area contributed by atoms with Crippen molar-refractivity contribution in [1.82, 2.24) is 5.32 Å². The molecule has 1 aliphatic carbocycles. The van der Waals surface area contributed by atoms with Gasteiger partial charge in [0.2, 0.25) is 0 Å². The van der Waals surface area contributed by atoms with Gasteiger partial charge in [-0.15, -0.1) is 12.6 Å². The number of hydrogen-bond acceptors (Lipinski definition) is 2. The van der Waals surface area contributed by atoms with Crippen LogP contribution in [0.15, 0.2) is 23.1 Å². The van der Waals surface area contributed by atoms with Gasteiger partial charge in [-0.3, -0.25) is 4.79 Å². The highest BCUT2D eigenvalue weighted by Crippen LogP contribution is 2.39. The molecule has 1 aromatic carbocycles. The molecule has 0 saturated heterocycles. The Bertz CT molecular complexity index is 455. The Morgan fingerprint density at radius 1 is 1.47 bits per heavy atom. The number of carbonyl (C=O) groups is 1. The second-order valence-corrected chi connectivity index (χ2v) is 5.63. The third kappa shape index (κ3) is 2.80. The van der Waals surface area contributed by atoms with E-state index in [1.165, 1.54) is 18.2 Å². The van der Waals surface area contributed by atoms with E-state index in [-0.39, 0.29) is 17.0 Å². The standard InChI is InChI=1S/C13H16FNOS/c1-13(2,8-3-4-8)15-12(16)10-7-9(17)5-6-11(10)14/h5-8,17H,3-4H2,1-2H3,(H,15,16). The lowest BCUT2D eigenvalue weighted by Gasteiger charge is -2.26. The Kier molecular flexibility index (Phi) is 3.17. The van der Waals surface area contributed by atoms with E-state index < -0.39 is 5.82 Å². The van der Waals surface area contributed by atoms with Gasteiger partial charge in [-0.25, -0.2) is 4.39 Å². The molecule has 2 nitrogen and oxygen atoms in total. The van der Waals surface area contributed by atoms with Crippen LogP contribution >= 0.6 is 12.6 Å². The van der Waals surface area contributed by atoms with Crippen molar-refractivity contribution in [3.8, 4) is 0 Å². The average Bonchev–Trinajstić information content (AvgIpc) is 3.04. The molecule has 1 saturated carbocycles. The maximum atomic E-state index is 13.5. The van der Waals surface area contributed by atoms with Gasteiger partial charge in [-0.1, -0.05) is 0 Å². The molecule has 1 fully saturated rings. The topological polar surface area (TPSA) is 29.1 Å². The van der Waals surface area contributed by atoms with Crippen molar-refractivity contribution in [1.29, 1.82) is 0 Å². The maximum Gasteiger partial charge on any atom is 0.254 e. The number of benzene rings is 1. The Labute approximate surface area is 106 Å².